The third-order valence-electron chi connectivity index (χ3n) is 5.63. The largest absolute Gasteiger partial charge is 0.352 e. The number of nitrogens with one attached hydrogen (secondary N) is 2. The number of likely N-dealkylation sites (tertiary alicyclic amines) is 1. The minimum absolute atomic E-state index is 0.0177. The van der Waals surface area contributed by atoms with Crippen LogP contribution in [-0.2, 0) is 27.9 Å². The van der Waals surface area contributed by atoms with Crippen molar-refractivity contribution in [1.29, 1.82) is 0 Å². The number of carbonyl (C=O) groups is 1. The molecule has 2 atom stereocenters. The molecule has 1 amide bonds. The molecule has 2 N–H and O–H groups in total. The lowest BCUT2D eigenvalue weighted by atomic mass is 9.91. The van der Waals surface area contributed by atoms with Crippen LogP contribution in [-0.4, -0.2) is 38.9 Å². The Morgan fingerprint density at radius 3 is 2.22 bits per heavy atom. The lowest BCUT2D eigenvalue weighted by molar-refractivity contribution is -0.121. The topological polar surface area (TPSA) is 78.5 Å². The van der Waals surface area contributed by atoms with E-state index in [0.717, 1.165) is 49.2 Å². The average molecular weight is 462 g/mol. The predicted octanol–water partition coefficient (Wildman–Crippen LogP) is 3.29. The molecule has 8 heteroatoms. The average Bonchev–Trinajstić information content (AvgIpc) is 2.73. The number of amides is 1. The summed E-state index contributed by atoms with van der Waals surface area (Å²) in [4.78, 5) is 14.5. The highest BCUT2D eigenvalue weighted by Crippen LogP contribution is 2.22. The Labute approximate surface area is 190 Å². The van der Waals surface area contributed by atoms with E-state index in [1.165, 1.54) is 24.1 Å². The van der Waals surface area contributed by atoms with Crippen LogP contribution in [0.3, 0.4) is 0 Å². The molecule has 0 radical (unpaired) electrons. The van der Waals surface area contributed by atoms with Gasteiger partial charge >= 0.3 is 0 Å². The van der Waals surface area contributed by atoms with Gasteiger partial charge in [0.1, 0.15) is 5.82 Å². The van der Waals surface area contributed by atoms with Gasteiger partial charge in [0.15, 0.2) is 0 Å². The third-order valence-corrected chi connectivity index (χ3v) is 7.11. The molecule has 6 nitrogen and oxygen atoms in total. The summed E-state index contributed by atoms with van der Waals surface area (Å²) in [6.07, 6.45) is 1.31. The highest BCUT2D eigenvalue weighted by Gasteiger charge is 2.21. The van der Waals surface area contributed by atoms with Gasteiger partial charge in [0.2, 0.25) is 15.9 Å². The summed E-state index contributed by atoms with van der Waals surface area (Å²) in [5, 5.41) is 2.81. The molecule has 0 aliphatic carbocycles. The molecule has 1 saturated heterocycles. The van der Waals surface area contributed by atoms with Gasteiger partial charge in [-0.3, -0.25) is 9.69 Å². The Kier molecular flexibility index (Phi) is 8.39. The van der Waals surface area contributed by atoms with Gasteiger partial charge in [0.25, 0.3) is 0 Å². The molecular formula is C24H32FN3O3S. The highest BCUT2D eigenvalue weighted by atomic mass is 32.2. The predicted molar refractivity (Wildman–Crippen MR) is 123 cm³/mol. The van der Waals surface area contributed by atoms with E-state index < -0.39 is 15.8 Å². The fourth-order valence-electron chi connectivity index (χ4n) is 4.23. The number of sulfonamides is 1. The van der Waals surface area contributed by atoms with Crippen molar-refractivity contribution in [2.75, 3.05) is 19.6 Å². The van der Waals surface area contributed by atoms with Gasteiger partial charge in [-0.05, 0) is 53.6 Å². The number of halogens is 1. The minimum atomic E-state index is -3.76. The molecular weight excluding hydrogens is 429 g/mol. The van der Waals surface area contributed by atoms with Gasteiger partial charge in [-0.2, -0.15) is 0 Å². The first kappa shape index (κ1) is 24.4. The van der Waals surface area contributed by atoms with Gasteiger partial charge in [0.05, 0.1) is 4.90 Å². The van der Waals surface area contributed by atoms with E-state index >= 15 is 0 Å². The van der Waals surface area contributed by atoms with Gasteiger partial charge in [0, 0.05) is 39.1 Å². The summed E-state index contributed by atoms with van der Waals surface area (Å²) in [5.41, 5.74) is 2.26. The smallest absolute Gasteiger partial charge is 0.240 e. The molecule has 0 bridgehead atoms. The number of hydrogen-bond donors (Lipinski definition) is 2. The molecule has 3 rings (SSSR count). The van der Waals surface area contributed by atoms with Crippen molar-refractivity contribution in [2.45, 2.75) is 44.7 Å². The number of piperidine rings is 1. The van der Waals surface area contributed by atoms with Crippen LogP contribution in [0.4, 0.5) is 4.39 Å². The Balaban J connectivity index is 1.39. The number of carbonyl (C=O) groups excluding carboxylic acids is 1. The molecule has 0 aromatic heterocycles. The second-order valence-electron chi connectivity index (χ2n) is 8.84. The van der Waals surface area contributed by atoms with Crippen LogP contribution in [0.5, 0.6) is 0 Å². The summed E-state index contributed by atoms with van der Waals surface area (Å²) < 4.78 is 39.6. The van der Waals surface area contributed by atoms with Crippen LogP contribution in [0.1, 0.15) is 37.8 Å². The fourth-order valence-corrected chi connectivity index (χ4v) is 5.26. The van der Waals surface area contributed by atoms with E-state index in [0.29, 0.717) is 6.54 Å². The first-order valence-electron chi connectivity index (χ1n) is 11.0. The quantitative estimate of drug-likeness (QED) is 0.601. The van der Waals surface area contributed by atoms with E-state index in [9.17, 15) is 17.6 Å². The number of rotatable bonds is 9. The van der Waals surface area contributed by atoms with Gasteiger partial charge < -0.3 is 5.32 Å². The minimum Gasteiger partial charge on any atom is -0.352 e. The summed E-state index contributed by atoms with van der Waals surface area (Å²) >= 11 is 0. The molecule has 1 aliphatic rings. The third kappa shape index (κ3) is 7.39. The van der Waals surface area contributed by atoms with Crippen LogP contribution in [0.2, 0.25) is 0 Å². The van der Waals surface area contributed by atoms with Crippen molar-refractivity contribution in [3.05, 3.63) is 65.5 Å². The van der Waals surface area contributed by atoms with Gasteiger partial charge in [-0.15, -0.1) is 0 Å². The lowest BCUT2D eigenvalue weighted by Gasteiger charge is -2.35. The van der Waals surface area contributed by atoms with E-state index in [-0.39, 0.29) is 23.8 Å². The number of benzene rings is 2. The number of hydrogen-bond acceptors (Lipinski definition) is 4. The first-order chi connectivity index (χ1) is 15.2. The molecule has 0 saturated carbocycles. The molecule has 1 heterocycles. The van der Waals surface area contributed by atoms with E-state index in [4.69, 9.17) is 0 Å². The Hall–Kier alpha value is -2.29. The normalized spacial score (nSPS) is 19.6. The summed E-state index contributed by atoms with van der Waals surface area (Å²) in [7, 11) is -3.76. The van der Waals surface area contributed by atoms with Crippen LogP contribution in [0.25, 0.3) is 0 Å². The molecule has 2 aromatic carbocycles. The van der Waals surface area contributed by atoms with Crippen molar-refractivity contribution in [1.82, 2.24) is 14.9 Å². The van der Waals surface area contributed by atoms with E-state index in [1.807, 2.05) is 12.1 Å². The maximum absolute atomic E-state index is 12.9. The maximum atomic E-state index is 12.9. The number of nitrogens with zero attached hydrogens (tertiary/aromatic N) is 1. The molecule has 32 heavy (non-hydrogen) atoms. The Bertz CT molecular complexity index is 984. The van der Waals surface area contributed by atoms with Crippen LogP contribution >= 0.6 is 0 Å². The fraction of sp³-hybridized carbons (Fsp3) is 0.458. The Morgan fingerprint density at radius 1 is 1.00 bits per heavy atom. The second-order valence-corrected chi connectivity index (χ2v) is 10.6. The monoisotopic (exact) mass is 461 g/mol. The van der Waals surface area contributed by atoms with Crippen molar-refractivity contribution >= 4 is 15.9 Å². The van der Waals surface area contributed by atoms with Gasteiger partial charge in [-0.25, -0.2) is 17.5 Å². The zero-order valence-corrected chi connectivity index (χ0v) is 19.5. The zero-order chi connectivity index (χ0) is 23.1. The second kappa shape index (κ2) is 11.0. The molecule has 2 unspecified atom stereocenters. The summed E-state index contributed by atoms with van der Waals surface area (Å²) in [5.74, 6) is 0.709. The van der Waals surface area contributed by atoms with Crippen molar-refractivity contribution in [3.63, 3.8) is 0 Å². The van der Waals surface area contributed by atoms with Crippen LogP contribution < -0.4 is 10.0 Å². The van der Waals surface area contributed by atoms with Crippen molar-refractivity contribution in [2.24, 2.45) is 11.8 Å². The van der Waals surface area contributed by atoms with E-state index in [1.54, 1.807) is 0 Å². The molecule has 174 valence electrons. The SMILES string of the molecule is CC1CC(C)CN(Cc2ccc(CNC(=O)CCNS(=O)(=O)c3ccc(F)cc3)cc2)C1. The van der Waals surface area contributed by atoms with Crippen LogP contribution in [0.15, 0.2) is 53.4 Å². The Morgan fingerprint density at radius 2 is 1.59 bits per heavy atom. The maximum Gasteiger partial charge on any atom is 0.240 e. The van der Waals surface area contributed by atoms with Crippen LogP contribution in [0, 0.1) is 17.7 Å². The molecule has 1 fully saturated rings. The van der Waals surface area contributed by atoms with Gasteiger partial charge in [-0.1, -0.05) is 38.1 Å². The van der Waals surface area contributed by atoms with Crippen molar-refractivity contribution in [3.8, 4) is 0 Å². The summed E-state index contributed by atoms with van der Waals surface area (Å²) in [6, 6.07) is 12.8. The molecule has 0 spiro atoms. The summed E-state index contributed by atoms with van der Waals surface area (Å²) in [6.45, 7) is 8.18. The zero-order valence-electron chi connectivity index (χ0n) is 18.7. The molecule has 2 aromatic rings. The van der Waals surface area contributed by atoms with Crippen molar-refractivity contribution < 1.29 is 17.6 Å². The first-order valence-corrected chi connectivity index (χ1v) is 12.5. The standard InChI is InChI=1S/C24H32FN3O3S/c1-18-13-19(2)16-28(15-18)17-21-5-3-20(4-6-21)14-26-24(29)11-12-27-32(30,31)23-9-7-22(25)8-10-23/h3-10,18-19,27H,11-17H2,1-2H3,(H,26,29). The lowest BCUT2D eigenvalue weighted by Crippen LogP contribution is -2.38. The highest BCUT2D eigenvalue weighted by molar-refractivity contribution is 7.89. The molecule has 1 aliphatic heterocycles. The van der Waals surface area contributed by atoms with E-state index in [2.05, 4.69) is 40.9 Å².